The summed E-state index contributed by atoms with van der Waals surface area (Å²) in [6.07, 6.45) is -0.178. The van der Waals surface area contributed by atoms with Crippen LogP contribution in [-0.4, -0.2) is 61.0 Å². The number of carboxylic acid groups (broad SMARTS) is 1. The van der Waals surface area contributed by atoms with E-state index >= 15 is 0 Å². The van der Waals surface area contributed by atoms with E-state index in [4.69, 9.17) is 37.4 Å². The van der Waals surface area contributed by atoms with Crippen LogP contribution in [0.4, 0.5) is 14.9 Å². The number of rotatable bonds is 15. The highest BCUT2D eigenvalue weighted by Crippen LogP contribution is 2.24. The van der Waals surface area contributed by atoms with Crippen molar-refractivity contribution >= 4 is 40.9 Å². The molecule has 0 fully saturated rings. The molecule has 2 amide bonds. The number of halogens is 3. The molecular weight excluding hydrogens is 562 g/mol. The lowest BCUT2D eigenvalue weighted by Gasteiger charge is -2.23. The van der Waals surface area contributed by atoms with E-state index in [0.717, 1.165) is 5.56 Å². The minimum absolute atomic E-state index is 0.192. The van der Waals surface area contributed by atoms with Gasteiger partial charge in [0.05, 0.1) is 13.2 Å². The van der Waals surface area contributed by atoms with Crippen molar-refractivity contribution in [2.24, 2.45) is 0 Å². The van der Waals surface area contributed by atoms with Crippen LogP contribution in [0.2, 0.25) is 10.0 Å². The van der Waals surface area contributed by atoms with Gasteiger partial charge in [-0.2, -0.15) is 0 Å². The van der Waals surface area contributed by atoms with Gasteiger partial charge < -0.3 is 29.5 Å². The highest BCUT2D eigenvalue weighted by atomic mass is 35.5. The molecular formula is C29H31Cl2FN2O6. The Kier molecular flexibility index (Phi) is 12.3. The van der Waals surface area contributed by atoms with E-state index in [-0.39, 0.29) is 19.6 Å². The lowest BCUT2D eigenvalue weighted by atomic mass is 10.1. The number of aliphatic carboxylic acids is 1. The monoisotopic (exact) mass is 592 g/mol. The van der Waals surface area contributed by atoms with E-state index in [1.165, 1.54) is 18.2 Å². The van der Waals surface area contributed by atoms with Crippen LogP contribution in [-0.2, 0) is 16.0 Å². The van der Waals surface area contributed by atoms with Crippen LogP contribution < -0.4 is 14.8 Å². The summed E-state index contributed by atoms with van der Waals surface area (Å²) in [5, 5.41) is 12.9. The van der Waals surface area contributed by atoms with Gasteiger partial charge in [-0.1, -0.05) is 41.4 Å². The molecule has 1 unspecified atom stereocenters. The van der Waals surface area contributed by atoms with E-state index in [1.54, 1.807) is 60.4 Å². The Morgan fingerprint density at radius 3 is 2.30 bits per heavy atom. The fraction of sp³-hybridized carbons (Fsp3) is 0.310. The number of nitrogens with one attached hydrogen (secondary N) is 1. The Morgan fingerprint density at radius 1 is 0.950 bits per heavy atom. The smallest absolute Gasteiger partial charge is 0.333 e. The first kappa shape index (κ1) is 31.0. The van der Waals surface area contributed by atoms with Crippen LogP contribution in [0.5, 0.6) is 11.5 Å². The van der Waals surface area contributed by atoms with Crippen molar-refractivity contribution in [2.75, 3.05) is 38.2 Å². The van der Waals surface area contributed by atoms with Gasteiger partial charge in [-0.05, 0) is 67.4 Å². The van der Waals surface area contributed by atoms with E-state index in [9.17, 15) is 19.1 Å². The van der Waals surface area contributed by atoms with Gasteiger partial charge in [0.1, 0.15) is 23.9 Å². The van der Waals surface area contributed by atoms with Crippen LogP contribution in [0.3, 0.4) is 0 Å². The summed E-state index contributed by atoms with van der Waals surface area (Å²) in [4.78, 5) is 25.8. The van der Waals surface area contributed by atoms with Gasteiger partial charge >= 0.3 is 12.0 Å². The summed E-state index contributed by atoms with van der Waals surface area (Å²) in [6, 6.07) is 17.2. The van der Waals surface area contributed by atoms with Crippen LogP contribution in [0, 0.1) is 5.82 Å². The third-order valence-electron chi connectivity index (χ3n) is 5.66. The molecule has 8 nitrogen and oxygen atoms in total. The number of hydrogen-bond acceptors (Lipinski definition) is 5. The van der Waals surface area contributed by atoms with Crippen molar-refractivity contribution in [1.29, 1.82) is 0 Å². The quantitative estimate of drug-likeness (QED) is 0.194. The molecule has 40 heavy (non-hydrogen) atoms. The summed E-state index contributed by atoms with van der Waals surface area (Å²) in [5.74, 6) is -0.379. The average molecular weight is 593 g/mol. The number of carbonyl (C=O) groups excluding carboxylic acids is 1. The Bertz CT molecular complexity index is 1240. The fourth-order valence-corrected chi connectivity index (χ4v) is 4.28. The van der Waals surface area contributed by atoms with Gasteiger partial charge in [0.2, 0.25) is 0 Å². The van der Waals surface area contributed by atoms with Crippen molar-refractivity contribution in [2.45, 2.75) is 25.9 Å². The molecule has 3 aromatic rings. The second kappa shape index (κ2) is 15.9. The highest BCUT2D eigenvalue weighted by molar-refractivity contribution is 6.34. The summed E-state index contributed by atoms with van der Waals surface area (Å²) in [6.45, 7) is 3.14. The van der Waals surface area contributed by atoms with E-state index in [0.29, 0.717) is 53.4 Å². The molecule has 3 aromatic carbocycles. The number of carbonyl (C=O) groups is 2. The number of benzene rings is 3. The van der Waals surface area contributed by atoms with E-state index in [1.807, 2.05) is 0 Å². The molecule has 11 heteroatoms. The summed E-state index contributed by atoms with van der Waals surface area (Å²) < 4.78 is 30.4. The Morgan fingerprint density at radius 2 is 1.65 bits per heavy atom. The van der Waals surface area contributed by atoms with Gasteiger partial charge in [-0.3, -0.25) is 0 Å². The normalized spacial score (nSPS) is 11.5. The van der Waals surface area contributed by atoms with Crippen LogP contribution in [0.15, 0.2) is 66.7 Å². The summed E-state index contributed by atoms with van der Waals surface area (Å²) >= 11 is 12.0. The number of urea groups is 1. The Balaban J connectivity index is 1.55. The van der Waals surface area contributed by atoms with Gasteiger partial charge in [-0.25, -0.2) is 14.0 Å². The maximum atomic E-state index is 13.6. The molecule has 0 aromatic heterocycles. The van der Waals surface area contributed by atoms with Gasteiger partial charge in [0.25, 0.3) is 0 Å². The molecule has 0 saturated carbocycles. The molecule has 2 N–H and O–H groups in total. The second-order valence-electron chi connectivity index (χ2n) is 8.71. The Labute approximate surface area is 242 Å². The molecule has 0 aliphatic heterocycles. The number of anilines is 1. The lowest BCUT2D eigenvalue weighted by molar-refractivity contribution is -0.149. The predicted octanol–water partition coefficient (Wildman–Crippen LogP) is 6.55. The third kappa shape index (κ3) is 10.6. The molecule has 0 spiro atoms. The van der Waals surface area contributed by atoms with Gasteiger partial charge in [0.15, 0.2) is 6.10 Å². The van der Waals surface area contributed by atoms with Gasteiger partial charge in [0, 0.05) is 35.3 Å². The Hall–Kier alpha value is -3.53. The van der Waals surface area contributed by atoms with Crippen molar-refractivity contribution in [3.8, 4) is 11.5 Å². The third-order valence-corrected chi connectivity index (χ3v) is 6.09. The molecule has 0 bridgehead atoms. The van der Waals surface area contributed by atoms with Crippen molar-refractivity contribution in [1.82, 2.24) is 4.90 Å². The highest BCUT2D eigenvalue weighted by Gasteiger charge is 2.18. The van der Waals surface area contributed by atoms with E-state index in [2.05, 4.69) is 5.32 Å². The lowest BCUT2D eigenvalue weighted by Crippen LogP contribution is -2.39. The minimum atomic E-state index is -1.01. The molecule has 0 radical (unpaired) electrons. The molecule has 0 aliphatic rings. The minimum Gasteiger partial charge on any atom is -0.493 e. The van der Waals surface area contributed by atoms with Crippen molar-refractivity contribution in [3.63, 3.8) is 0 Å². The molecule has 3 rings (SSSR count). The van der Waals surface area contributed by atoms with Crippen LogP contribution in [0.25, 0.3) is 0 Å². The number of nitrogens with zero attached hydrogens (tertiary/aromatic N) is 1. The van der Waals surface area contributed by atoms with Crippen LogP contribution in [0.1, 0.15) is 18.9 Å². The standard InChI is InChI=1S/C29H31Cl2FN2O6/c1-2-38-27(28(35)36)15-20-7-9-25(10-8-20)40-14-12-34(29(37)33-24-6-3-5-23(32)19-24)11-4-13-39-26-17-21(30)16-22(31)18-26/h3,5-10,16-19,27H,2,4,11-15H2,1H3,(H,33,37)(H,35,36). The largest absolute Gasteiger partial charge is 0.493 e. The number of hydrogen-bond donors (Lipinski definition) is 2. The molecule has 1 atom stereocenters. The first-order valence-corrected chi connectivity index (χ1v) is 13.5. The maximum absolute atomic E-state index is 13.6. The summed E-state index contributed by atoms with van der Waals surface area (Å²) in [7, 11) is 0. The van der Waals surface area contributed by atoms with E-state index < -0.39 is 23.9 Å². The number of carboxylic acids is 1. The zero-order chi connectivity index (χ0) is 28.9. The fourth-order valence-electron chi connectivity index (χ4n) is 3.77. The van der Waals surface area contributed by atoms with Crippen molar-refractivity contribution < 1.29 is 33.3 Å². The SMILES string of the molecule is CCOC(Cc1ccc(OCCN(CCCOc2cc(Cl)cc(Cl)c2)C(=O)Nc2cccc(F)c2)cc1)C(=O)O. The first-order valence-electron chi connectivity index (χ1n) is 12.7. The van der Waals surface area contributed by atoms with Gasteiger partial charge in [-0.15, -0.1) is 0 Å². The molecule has 0 saturated heterocycles. The van der Waals surface area contributed by atoms with Crippen molar-refractivity contribution in [3.05, 3.63) is 88.2 Å². The first-order chi connectivity index (χ1) is 19.2. The zero-order valence-electron chi connectivity index (χ0n) is 21.9. The predicted molar refractivity (Wildman–Crippen MR) is 152 cm³/mol. The molecule has 214 valence electrons. The topological polar surface area (TPSA) is 97.3 Å². The van der Waals surface area contributed by atoms with Crippen LogP contribution >= 0.6 is 23.2 Å². The molecule has 0 aliphatic carbocycles. The summed E-state index contributed by atoms with van der Waals surface area (Å²) in [5.41, 5.74) is 1.13. The molecule has 0 heterocycles. The average Bonchev–Trinajstić information content (AvgIpc) is 2.90. The zero-order valence-corrected chi connectivity index (χ0v) is 23.5. The number of amides is 2. The second-order valence-corrected chi connectivity index (χ2v) is 9.59. The maximum Gasteiger partial charge on any atom is 0.333 e. The number of ether oxygens (including phenoxy) is 3.